The van der Waals surface area contributed by atoms with Gasteiger partial charge in [-0.25, -0.2) is 0 Å². The van der Waals surface area contributed by atoms with Gasteiger partial charge < -0.3 is 5.32 Å². The zero-order valence-corrected chi connectivity index (χ0v) is 10.8. The van der Waals surface area contributed by atoms with Crippen LogP contribution in [0.3, 0.4) is 0 Å². The number of nitrogens with one attached hydrogen (secondary N) is 1. The number of carbonyl (C=O) groups excluding carboxylic acids is 1. The molecule has 1 heterocycles. The number of nitrogens with zero attached hydrogens (tertiary/aromatic N) is 1. The molecule has 19 heavy (non-hydrogen) atoms. The average molecular weight is 252 g/mol. The lowest BCUT2D eigenvalue weighted by molar-refractivity contribution is -0.117. The second-order valence-corrected chi connectivity index (χ2v) is 4.26. The molecule has 0 saturated heterocycles. The van der Waals surface area contributed by atoms with Crippen LogP contribution in [0.15, 0.2) is 60.9 Å². The summed E-state index contributed by atoms with van der Waals surface area (Å²) in [6, 6.07) is 13.6. The van der Waals surface area contributed by atoms with Crippen LogP contribution in [0.4, 0.5) is 0 Å². The molecule has 0 aliphatic heterocycles. The minimum Gasteiger partial charge on any atom is -0.346 e. The largest absolute Gasteiger partial charge is 0.346 e. The normalized spacial score (nSPS) is 12.3. The van der Waals surface area contributed by atoms with Crippen molar-refractivity contribution < 1.29 is 4.79 Å². The maximum absolute atomic E-state index is 11.8. The smallest absolute Gasteiger partial charge is 0.244 e. The number of carbonyl (C=O) groups is 1. The quantitative estimate of drug-likeness (QED) is 0.850. The number of rotatable bonds is 4. The number of amides is 1. The van der Waals surface area contributed by atoms with Gasteiger partial charge in [0, 0.05) is 18.5 Å². The van der Waals surface area contributed by atoms with Gasteiger partial charge in [0.1, 0.15) is 0 Å². The summed E-state index contributed by atoms with van der Waals surface area (Å²) in [4.78, 5) is 15.8. The molecule has 0 radical (unpaired) electrons. The molecule has 1 unspecified atom stereocenters. The molecule has 1 aromatic heterocycles. The van der Waals surface area contributed by atoms with Crippen LogP contribution in [0.2, 0.25) is 0 Å². The van der Waals surface area contributed by atoms with Crippen LogP contribution in [0.5, 0.6) is 0 Å². The van der Waals surface area contributed by atoms with E-state index in [0.29, 0.717) is 0 Å². The summed E-state index contributed by atoms with van der Waals surface area (Å²) < 4.78 is 0. The van der Waals surface area contributed by atoms with Crippen molar-refractivity contribution in [3.63, 3.8) is 0 Å². The Morgan fingerprint density at radius 2 is 2.00 bits per heavy atom. The highest BCUT2D eigenvalue weighted by molar-refractivity contribution is 5.91. The monoisotopic (exact) mass is 252 g/mol. The molecule has 0 spiro atoms. The first-order valence-electron chi connectivity index (χ1n) is 6.19. The predicted molar refractivity (Wildman–Crippen MR) is 76.3 cm³/mol. The zero-order valence-electron chi connectivity index (χ0n) is 10.8. The van der Waals surface area contributed by atoms with E-state index in [0.717, 1.165) is 11.1 Å². The Kier molecular flexibility index (Phi) is 4.45. The van der Waals surface area contributed by atoms with Crippen molar-refractivity contribution in [2.45, 2.75) is 13.0 Å². The molecular formula is C16H16N2O. The summed E-state index contributed by atoms with van der Waals surface area (Å²) in [5, 5.41) is 2.92. The highest BCUT2D eigenvalue weighted by Crippen LogP contribution is 2.10. The SMILES string of the molecule is CC(NC(=O)C=Cc1cccnc1)c1ccccc1. The number of hydrogen-bond donors (Lipinski definition) is 1. The van der Waals surface area contributed by atoms with E-state index in [2.05, 4.69) is 10.3 Å². The number of pyridine rings is 1. The van der Waals surface area contributed by atoms with Gasteiger partial charge in [-0.05, 0) is 30.2 Å². The Balaban J connectivity index is 1.93. The molecule has 0 aliphatic carbocycles. The molecular weight excluding hydrogens is 236 g/mol. The molecule has 0 saturated carbocycles. The van der Waals surface area contributed by atoms with Crippen LogP contribution in [0, 0.1) is 0 Å². The average Bonchev–Trinajstić information content (AvgIpc) is 2.47. The van der Waals surface area contributed by atoms with E-state index in [1.807, 2.05) is 49.4 Å². The van der Waals surface area contributed by atoms with Gasteiger partial charge in [-0.3, -0.25) is 9.78 Å². The number of hydrogen-bond acceptors (Lipinski definition) is 2. The standard InChI is InChI=1S/C16H16N2O/c1-13(15-7-3-2-4-8-15)18-16(19)10-9-14-6-5-11-17-12-14/h2-13H,1H3,(H,18,19). The maximum Gasteiger partial charge on any atom is 0.244 e. The van der Waals surface area contributed by atoms with Crippen molar-refractivity contribution in [3.05, 3.63) is 72.1 Å². The van der Waals surface area contributed by atoms with Crippen LogP contribution in [-0.4, -0.2) is 10.9 Å². The Hall–Kier alpha value is -2.42. The van der Waals surface area contributed by atoms with Gasteiger partial charge in [0.2, 0.25) is 5.91 Å². The fourth-order valence-electron chi connectivity index (χ4n) is 1.73. The molecule has 0 bridgehead atoms. The first kappa shape index (κ1) is 13.0. The van der Waals surface area contributed by atoms with Gasteiger partial charge >= 0.3 is 0 Å². The van der Waals surface area contributed by atoms with Crippen molar-refractivity contribution in [1.29, 1.82) is 0 Å². The minimum atomic E-state index is -0.111. The molecule has 1 aromatic carbocycles. The molecule has 2 aromatic rings. The topological polar surface area (TPSA) is 42.0 Å². The predicted octanol–water partition coefficient (Wildman–Crippen LogP) is 2.97. The van der Waals surface area contributed by atoms with Gasteiger partial charge in [0.15, 0.2) is 0 Å². The Bertz CT molecular complexity index is 549. The van der Waals surface area contributed by atoms with Gasteiger partial charge in [-0.1, -0.05) is 36.4 Å². The molecule has 2 rings (SSSR count). The molecule has 1 atom stereocenters. The van der Waals surface area contributed by atoms with Crippen LogP contribution in [0.25, 0.3) is 6.08 Å². The molecule has 0 aliphatic rings. The first-order valence-corrected chi connectivity index (χ1v) is 6.19. The van der Waals surface area contributed by atoms with Crippen LogP contribution in [-0.2, 0) is 4.79 Å². The third-order valence-corrected chi connectivity index (χ3v) is 2.77. The summed E-state index contributed by atoms with van der Waals surface area (Å²) in [7, 11) is 0. The van der Waals surface area contributed by atoms with E-state index in [4.69, 9.17) is 0 Å². The molecule has 0 fully saturated rings. The fourth-order valence-corrected chi connectivity index (χ4v) is 1.73. The Morgan fingerprint density at radius 1 is 1.21 bits per heavy atom. The van der Waals surface area contributed by atoms with E-state index in [-0.39, 0.29) is 11.9 Å². The zero-order chi connectivity index (χ0) is 13.5. The number of benzene rings is 1. The summed E-state index contributed by atoms with van der Waals surface area (Å²) in [6.45, 7) is 1.96. The van der Waals surface area contributed by atoms with Gasteiger partial charge in [0.25, 0.3) is 0 Å². The minimum absolute atomic E-state index is 0.00718. The summed E-state index contributed by atoms with van der Waals surface area (Å²) in [5.74, 6) is -0.111. The summed E-state index contributed by atoms with van der Waals surface area (Å²) in [6.07, 6.45) is 6.69. The van der Waals surface area contributed by atoms with Crippen molar-refractivity contribution >= 4 is 12.0 Å². The Morgan fingerprint density at radius 3 is 2.68 bits per heavy atom. The van der Waals surface area contributed by atoms with Crippen molar-refractivity contribution in [2.24, 2.45) is 0 Å². The van der Waals surface area contributed by atoms with Gasteiger partial charge in [0.05, 0.1) is 6.04 Å². The van der Waals surface area contributed by atoms with E-state index in [1.165, 1.54) is 6.08 Å². The second kappa shape index (κ2) is 6.50. The van der Waals surface area contributed by atoms with E-state index < -0.39 is 0 Å². The lowest BCUT2D eigenvalue weighted by atomic mass is 10.1. The lowest BCUT2D eigenvalue weighted by Crippen LogP contribution is -2.24. The van der Waals surface area contributed by atoms with Crippen molar-refractivity contribution in [2.75, 3.05) is 0 Å². The molecule has 1 amide bonds. The maximum atomic E-state index is 11.8. The molecule has 1 N–H and O–H groups in total. The lowest BCUT2D eigenvalue weighted by Gasteiger charge is -2.12. The van der Waals surface area contributed by atoms with E-state index >= 15 is 0 Å². The third-order valence-electron chi connectivity index (χ3n) is 2.77. The van der Waals surface area contributed by atoms with Gasteiger partial charge in [-0.15, -0.1) is 0 Å². The van der Waals surface area contributed by atoms with Crippen LogP contribution in [0.1, 0.15) is 24.1 Å². The van der Waals surface area contributed by atoms with Crippen molar-refractivity contribution in [3.8, 4) is 0 Å². The van der Waals surface area contributed by atoms with Gasteiger partial charge in [-0.2, -0.15) is 0 Å². The molecule has 96 valence electrons. The van der Waals surface area contributed by atoms with Crippen LogP contribution < -0.4 is 5.32 Å². The van der Waals surface area contributed by atoms with Crippen LogP contribution >= 0.6 is 0 Å². The first-order chi connectivity index (χ1) is 9.25. The third kappa shape index (κ3) is 4.07. The summed E-state index contributed by atoms with van der Waals surface area (Å²) >= 11 is 0. The second-order valence-electron chi connectivity index (χ2n) is 4.26. The number of aromatic nitrogens is 1. The highest BCUT2D eigenvalue weighted by Gasteiger charge is 2.06. The fraction of sp³-hybridized carbons (Fsp3) is 0.125. The highest BCUT2D eigenvalue weighted by atomic mass is 16.1. The molecule has 3 nitrogen and oxygen atoms in total. The van der Waals surface area contributed by atoms with Crippen molar-refractivity contribution in [1.82, 2.24) is 10.3 Å². The summed E-state index contributed by atoms with van der Waals surface area (Å²) in [5.41, 5.74) is 2.00. The van der Waals surface area contributed by atoms with E-state index in [1.54, 1.807) is 18.5 Å². The Labute approximate surface area is 113 Å². The molecule has 3 heteroatoms. The van der Waals surface area contributed by atoms with E-state index in [9.17, 15) is 4.79 Å².